The molecule has 17 aromatic rings. The molecule has 0 fully saturated rings. The summed E-state index contributed by atoms with van der Waals surface area (Å²) in [6, 6.07) is 132. The third kappa shape index (κ3) is 10.00. The van der Waals surface area contributed by atoms with Gasteiger partial charge in [-0.25, -0.2) is 0 Å². The zero-order chi connectivity index (χ0) is 68.1. The maximum Gasteiger partial charge on any atom is 0.179 e. The topological polar surface area (TPSA) is 0 Å². The maximum absolute atomic E-state index is 2.64. The molecule has 17 aromatic carbocycles. The average molecular weight is 1310 g/mol. The van der Waals surface area contributed by atoms with Crippen molar-refractivity contribution in [3.05, 3.63) is 385 Å². The molecule has 2 aliphatic rings. The van der Waals surface area contributed by atoms with Crippen molar-refractivity contribution in [3.63, 3.8) is 0 Å². The number of aryl methyl sites for hydroxylation is 2. The van der Waals surface area contributed by atoms with Crippen molar-refractivity contribution in [2.24, 2.45) is 0 Å². The van der Waals surface area contributed by atoms with Gasteiger partial charge in [-0.2, -0.15) is 0 Å². The highest BCUT2D eigenvalue weighted by Gasteiger charge is 2.42. The molecule has 0 bridgehead atoms. The lowest BCUT2D eigenvalue weighted by molar-refractivity contribution is 0.660. The minimum Gasteiger partial charge on any atom is -0.0623 e. The lowest BCUT2D eigenvalue weighted by atomic mass is 9.80. The quantitative estimate of drug-likeness (QED) is 0.0768. The summed E-state index contributed by atoms with van der Waals surface area (Å²) >= 11 is 0. The van der Waals surface area contributed by atoms with E-state index in [4.69, 9.17) is 0 Å². The summed E-state index contributed by atoms with van der Waals surface area (Å²) in [6.07, 6.45) is 0. The first-order valence-electron chi connectivity index (χ1n) is 35.7. The van der Waals surface area contributed by atoms with Gasteiger partial charge in [0, 0.05) is 10.8 Å². The van der Waals surface area contributed by atoms with E-state index in [1.807, 2.05) is 0 Å². The minimum atomic E-state index is -2.64. The van der Waals surface area contributed by atoms with Gasteiger partial charge in [-0.15, -0.1) is 0 Å². The molecule has 0 saturated carbocycles. The van der Waals surface area contributed by atoms with Crippen LogP contribution in [-0.4, -0.2) is 8.07 Å². The Morgan fingerprint density at radius 3 is 0.960 bits per heavy atom. The van der Waals surface area contributed by atoms with Crippen molar-refractivity contribution in [1.29, 1.82) is 0 Å². The number of hydrogen-bond donors (Lipinski definition) is 0. The normalized spacial score (nSPS) is 13.2. The van der Waals surface area contributed by atoms with E-state index in [1.54, 1.807) is 0 Å². The highest BCUT2D eigenvalue weighted by atomic mass is 28.3. The molecule has 0 amide bonds. The molecular formula is C100H76Si. The largest absolute Gasteiger partial charge is 0.179 e. The molecule has 0 saturated heterocycles. The molecule has 0 unspecified atom stereocenters. The number of benzene rings is 17. The summed E-state index contributed by atoms with van der Waals surface area (Å²) in [7, 11) is -2.64. The van der Waals surface area contributed by atoms with Gasteiger partial charge in [-0.3, -0.25) is 0 Å². The summed E-state index contributed by atoms with van der Waals surface area (Å²) in [5, 5.41) is 18.4. The third-order valence-corrected chi connectivity index (χ3v) is 27.4. The van der Waals surface area contributed by atoms with Crippen molar-refractivity contribution in [2.45, 2.75) is 52.4 Å². The van der Waals surface area contributed by atoms with Crippen molar-refractivity contribution in [1.82, 2.24) is 0 Å². The Hall–Kier alpha value is -11.7. The molecule has 1 heteroatoms. The van der Waals surface area contributed by atoms with Gasteiger partial charge in [0.25, 0.3) is 0 Å². The van der Waals surface area contributed by atoms with E-state index in [0.717, 1.165) is 0 Å². The summed E-state index contributed by atoms with van der Waals surface area (Å²) in [4.78, 5) is 0. The van der Waals surface area contributed by atoms with Crippen LogP contribution in [0.25, 0.3) is 132 Å². The third-order valence-electron chi connectivity index (χ3n) is 22.6. The first kappa shape index (κ1) is 61.6. The Labute approximate surface area is 594 Å². The predicted molar refractivity (Wildman–Crippen MR) is 436 cm³/mol. The van der Waals surface area contributed by atoms with Gasteiger partial charge in [0.2, 0.25) is 0 Å². The first-order valence-corrected chi connectivity index (χ1v) is 37.7. The van der Waals surface area contributed by atoms with Gasteiger partial charge < -0.3 is 0 Å². The Bertz CT molecular complexity index is 6020. The first-order chi connectivity index (χ1) is 49.4. The van der Waals surface area contributed by atoms with Crippen molar-refractivity contribution in [3.8, 4) is 77.9 Å². The van der Waals surface area contributed by atoms with Gasteiger partial charge in [0.05, 0.1) is 0 Å². The van der Waals surface area contributed by atoms with Crippen LogP contribution >= 0.6 is 0 Å². The second kappa shape index (κ2) is 24.3. The molecule has 480 valence electrons. The summed E-state index contributed by atoms with van der Waals surface area (Å²) < 4.78 is 0. The Kier molecular flexibility index (Phi) is 14.8. The number of fused-ring (bicyclic) bond motifs is 11. The highest BCUT2D eigenvalue weighted by molar-refractivity contribution is 7.19. The summed E-state index contributed by atoms with van der Waals surface area (Å²) in [5.41, 5.74) is 26.2. The van der Waals surface area contributed by atoms with Gasteiger partial charge in [-0.1, -0.05) is 372 Å². The van der Waals surface area contributed by atoms with Crippen LogP contribution in [0.15, 0.2) is 352 Å². The molecule has 2 aliphatic carbocycles. The van der Waals surface area contributed by atoms with Crippen molar-refractivity contribution < 1.29 is 0 Å². The molecule has 0 nitrogen and oxygen atoms in total. The van der Waals surface area contributed by atoms with Crippen LogP contribution in [0.3, 0.4) is 0 Å². The van der Waals surface area contributed by atoms with Gasteiger partial charge >= 0.3 is 0 Å². The van der Waals surface area contributed by atoms with Crippen LogP contribution in [-0.2, 0) is 10.8 Å². The fourth-order valence-electron chi connectivity index (χ4n) is 17.7. The molecule has 0 atom stereocenters. The van der Waals surface area contributed by atoms with E-state index in [1.165, 1.54) is 186 Å². The molecule has 0 spiro atoms. The molecule has 0 aliphatic heterocycles. The fraction of sp³-hybridized carbons (Fsp3) is 0.0800. The van der Waals surface area contributed by atoms with E-state index in [9.17, 15) is 0 Å². The van der Waals surface area contributed by atoms with E-state index in [-0.39, 0.29) is 10.8 Å². The number of rotatable bonds is 9. The smallest absolute Gasteiger partial charge is 0.0623 e. The highest BCUT2D eigenvalue weighted by Crippen LogP contribution is 2.54. The molecule has 0 N–H and O–H groups in total. The van der Waals surface area contributed by atoms with Crippen molar-refractivity contribution in [2.75, 3.05) is 0 Å². The van der Waals surface area contributed by atoms with Gasteiger partial charge in [0.1, 0.15) is 0 Å². The van der Waals surface area contributed by atoms with Crippen LogP contribution in [0.4, 0.5) is 0 Å². The van der Waals surface area contributed by atoms with E-state index >= 15 is 0 Å². The Morgan fingerprint density at radius 2 is 0.515 bits per heavy atom. The second-order valence-corrected chi connectivity index (χ2v) is 32.9. The fourth-order valence-corrected chi connectivity index (χ4v) is 22.4. The average Bonchev–Trinajstić information content (AvgIpc) is 1.69. The second-order valence-electron chi connectivity index (χ2n) is 29.1. The zero-order valence-electron chi connectivity index (χ0n) is 58.0. The molecule has 0 radical (unpaired) electrons. The van der Waals surface area contributed by atoms with Crippen LogP contribution in [0.1, 0.15) is 61.1 Å². The van der Waals surface area contributed by atoms with Crippen LogP contribution in [0, 0.1) is 13.8 Å². The SMILES string of the molecule is Cc1ccc2c(-c3ccc(-c4ccc5ccccc5c4)cc3)c3ccccc3c(-c3ccc4c(c3)C(C)(C)c3ccccc3-4)c2c1.Cc1ccc2c(-c3ccc([Si](c4ccccc4)(c4ccccc4)c4ccccc4)cc3)c3ccccc3c(-c3ccc4c(c3)C(C)(C)c3ccccc3-4)c2c1. The molecular weight excluding hydrogens is 1230 g/mol. The lowest BCUT2D eigenvalue weighted by Gasteiger charge is -2.34. The Balaban J connectivity index is 0.000000147. The molecule has 0 heterocycles. The zero-order valence-corrected chi connectivity index (χ0v) is 59.0. The summed E-state index contributed by atoms with van der Waals surface area (Å²) in [6.45, 7) is 13.9. The maximum atomic E-state index is 2.48. The monoisotopic (exact) mass is 1300 g/mol. The van der Waals surface area contributed by atoms with Crippen LogP contribution < -0.4 is 20.7 Å². The molecule has 101 heavy (non-hydrogen) atoms. The predicted octanol–water partition coefficient (Wildman–Crippen LogP) is 24.1. The number of hydrogen-bond acceptors (Lipinski definition) is 0. The van der Waals surface area contributed by atoms with Crippen LogP contribution in [0.2, 0.25) is 0 Å². The van der Waals surface area contributed by atoms with Crippen LogP contribution in [0.5, 0.6) is 0 Å². The van der Waals surface area contributed by atoms with E-state index < -0.39 is 8.07 Å². The molecule has 19 rings (SSSR count). The minimum absolute atomic E-state index is 0.0454. The lowest BCUT2D eigenvalue weighted by Crippen LogP contribution is -2.74. The van der Waals surface area contributed by atoms with Crippen molar-refractivity contribution >= 4 is 82.7 Å². The molecule has 0 aromatic heterocycles. The van der Waals surface area contributed by atoms with E-state index in [0.29, 0.717) is 0 Å². The van der Waals surface area contributed by atoms with Gasteiger partial charge in [0.15, 0.2) is 8.07 Å². The Morgan fingerprint density at radius 1 is 0.198 bits per heavy atom. The van der Waals surface area contributed by atoms with E-state index in [2.05, 4.69) is 393 Å². The standard InChI is InChI=1S/C54H42Si.C46H34/c1-37-27-33-48-49(35-37)53(39-30-34-45-44-23-15-16-26-50(44)54(2,3)51(45)36-39)47-25-14-13-24-46(47)52(48)38-28-31-43(32-29-38)55(40-17-7-4-8-18-40,41-19-9-5-10-20-41)42-21-11-6-12-22-42;1-29-16-24-40-41(26-29)45(35-23-25-37-36-12-8-9-15-42(36)46(2,3)43(37)28-35)39-14-7-6-13-38(39)44(40)32-20-17-31(18-21-32)34-22-19-30-10-4-5-11-33(30)27-34/h4-36H,1-3H3;4-28H,1-3H3. The summed E-state index contributed by atoms with van der Waals surface area (Å²) in [5.74, 6) is 0. The van der Waals surface area contributed by atoms with Gasteiger partial charge in [-0.05, 0) is 207 Å².